The van der Waals surface area contributed by atoms with E-state index in [4.69, 9.17) is 4.98 Å². The van der Waals surface area contributed by atoms with Crippen LogP contribution >= 0.6 is 15.9 Å². The van der Waals surface area contributed by atoms with E-state index in [-0.39, 0.29) is 17.3 Å². The van der Waals surface area contributed by atoms with E-state index in [1.807, 2.05) is 36.4 Å². The smallest absolute Gasteiger partial charge is 0.255 e. The number of rotatable bonds is 4. The maximum atomic E-state index is 12.8. The van der Waals surface area contributed by atoms with Crippen LogP contribution in [0.1, 0.15) is 23.2 Å². The minimum absolute atomic E-state index is 0.00664. The molecule has 4 rings (SSSR count). The number of halogens is 1. The van der Waals surface area contributed by atoms with Crippen molar-refractivity contribution in [2.24, 2.45) is 13.0 Å². The lowest BCUT2D eigenvalue weighted by atomic mass is 9.89. The number of hydrogen-bond acceptors (Lipinski definition) is 5. The molecule has 1 aliphatic heterocycles. The molecule has 6 nitrogen and oxygen atoms in total. The monoisotopic (exact) mass is 452 g/mol. The highest BCUT2D eigenvalue weighted by molar-refractivity contribution is 9.10. The van der Waals surface area contributed by atoms with Crippen LogP contribution in [0.25, 0.3) is 11.3 Å². The van der Waals surface area contributed by atoms with Crippen LogP contribution < -0.4 is 10.5 Å². The van der Waals surface area contributed by atoms with E-state index in [2.05, 4.69) is 25.8 Å². The molecule has 0 N–H and O–H groups in total. The lowest BCUT2D eigenvalue weighted by Gasteiger charge is -2.33. The zero-order chi connectivity index (χ0) is 20.4. The highest BCUT2D eigenvalue weighted by Gasteiger charge is 2.27. The number of nitrogens with zero attached hydrogens (tertiary/aromatic N) is 4. The van der Waals surface area contributed by atoms with Crippen LogP contribution in [0.4, 0.5) is 5.95 Å². The Morgan fingerprint density at radius 1 is 1.07 bits per heavy atom. The summed E-state index contributed by atoms with van der Waals surface area (Å²) in [5.74, 6) is 0.816. The highest BCUT2D eigenvalue weighted by Crippen LogP contribution is 2.26. The Morgan fingerprint density at radius 2 is 1.72 bits per heavy atom. The van der Waals surface area contributed by atoms with Crippen molar-refractivity contribution in [2.75, 3.05) is 18.0 Å². The summed E-state index contributed by atoms with van der Waals surface area (Å²) in [6, 6.07) is 12.7. The van der Waals surface area contributed by atoms with Gasteiger partial charge in [-0.05, 0) is 37.1 Å². The van der Waals surface area contributed by atoms with E-state index < -0.39 is 0 Å². The largest absolute Gasteiger partial charge is 0.342 e. The van der Waals surface area contributed by atoms with Gasteiger partial charge in [0.2, 0.25) is 5.95 Å². The van der Waals surface area contributed by atoms with Crippen molar-refractivity contribution in [2.45, 2.75) is 12.8 Å². The van der Waals surface area contributed by atoms with Crippen molar-refractivity contribution in [3.63, 3.8) is 0 Å². The molecule has 3 aromatic rings. The van der Waals surface area contributed by atoms with Crippen LogP contribution in [-0.4, -0.2) is 33.4 Å². The van der Waals surface area contributed by atoms with Gasteiger partial charge in [0.05, 0.1) is 5.69 Å². The van der Waals surface area contributed by atoms with Crippen LogP contribution in [-0.2, 0) is 7.05 Å². The number of benzene rings is 1. The van der Waals surface area contributed by atoms with Crippen molar-refractivity contribution >= 4 is 27.7 Å². The van der Waals surface area contributed by atoms with Gasteiger partial charge in [0, 0.05) is 60.1 Å². The number of aromatic nitrogens is 3. The summed E-state index contributed by atoms with van der Waals surface area (Å²) in [6.45, 7) is 1.38. The first-order valence-electron chi connectivity index (χ1n) is 9.56. The lowest BCUT2D eigenvalue weighted by Crippen LogP contribution is -2.39. The molecule has 29 heavy (non-hydrogen) atoms. The molecule has 1 saturated heterocycles. The highest BCUT2D eigenvalue weighted by atomic mass is 79.9. The van der Waals surface area contributed by atoms with Gasteiger partial charge in [0.25, 0.3) is 5.56 Å². The first kappa shape index (κ1) is 19.5. The van der Waals surface area contributed by atoms with Gasteiger partial charge in [0.15, 0.2) is 5.78 Å². The van der Waals surface area contributed by atoms with Crippen molar-refractivity contribution in [3.8, 4) is 11.3 Å². The number of Topliss-reactive ketones (excluding diaryl/α,β-unsaturated/α-hetero) is 1. The molecule has 0 unspecified atom stereocenters. The zero-order valence-electron chi connectivity index (χ0n) is 16.1. The Bertz CT molecular complexity index is 1070. The van der Waals surface area contributed by atoms with Gasteiger partial charge in [0.1, 0.15) is 0 Å². The second-order valence-corrected chi connectivity index (χ2v) is 8.12. The topological polar surface area (TPSA) is 68.1 Å². The quantitative estimate of drug-likeness (QED) is 0.564. The number of pyridine rings is 1. The summed E-state index contributed by atoms with van der Waals surface area (Å²) in [4.78, 5) is 36.1. The van der Waals surface area contributed by atoms with Gasteiger partial charge in [-0.1, -0.05) is 28.1 Å². The molecule has 0 aliphatic carbocycles. The molecule has 2 aromatic heterocycles. The number of piperidine rings is 1. The summed E-state index contributed by atoms with van der Waals surface area (Å²) >= 11 is 3.40. The van der Waals surface area contributed by atoms with Crippen LogP contribution in [0, 0.1) is 5.92 Å². The molecule has 1 aliphatic rings. The molecule has 0 radical (unpaired) electrons. The van der Waals surface area contributed by atoms with E-state index in [0.29, 0.717) is 24.7 Å². The summed E-state index contributed by atoms with van der Waals surface area (Å²) in [6.07, 6.45) is 4.86. The molecule has 1 aromatic carbocycles. The fraction of sp³-hybridized carbons (Fsp3) is 0.273. The SMILES string of the molecule is Cn1c(N2CCC(C(=O)c3ccc(Br)cc3)CC2)nc(-c2ccncc2)cc1=O. The first-order chi connectivity index (χ1) is 14.0. The Balaban J connectivity index is 1.52. The van der Waals surface area contributed by atoms with Gasteiger partial charge < -0.3 is 4.90 Å². The fourth-order valence-electron chi connectivity index (χ4n) is 3.67. The Kier molecular flexibility index (Phi) is 5.58. The summed E-state index contributed by atoms with van der Waals surface area (Å²) in [7, 11) is 1.74. The molecular weight excluding hydrogens is 432 g/mol. The molecule has 1 fully saturated rings. The van der Waals surface area contributed by atoms with Crippen molar-refractivity contribution in [3.05, 3.63) is 75.2 Å². The van der Waals surface area contributed by atoms with Crippen LogP contribution in [0.3, 0.4) is 0 Å². The van der Waals surface area contributed by atoms with Crippen LogP contribution in [0.2, 0.25) is 0 Å². The standard InChI is InChI=1S/C22H21BrN4O2/c1-26-20(28)14-19(15-6-10-24-11-7-15)25-22(26)27-12-8-17(9-13-27)21(29)16-2-4-18(23)5-3-16/h2-7,10-11,14,17H,8-9,12-13H2,1H3. The second kappa shape index (κ2) is 8.29. The normalized spacial score (nSPS) is 14.8. The predicted octanol–water partition coefficient (Wildman–Crippen LogP) is 3.70. The average Bonchev–Trinajstić information content (AvgIpc) is 2.76. The number of carbonyl (C=O) groups is 1. The minimum atomic E-state index is -0.102. The molecule has 7 heteroatoms. The molecule has 3 heterocycles. The Hall–Kier alpha value is -2.80. The fourth-order valence-corrected chi connectivity index (χ4v) is 3.94. The number of ketones is 1. The maximum Gasteiger partial charge on any atom is 0.255 e. The third kappa shape index (κ3) is 4.15. The molecule has 0 saturated carbocycles. The van der Waals surface area contributed by atoms with E-state index in [0.717, 1.165) is 28.4 Å². The van der Waals surface area contributed by atoms with E-state index in [1.165, 1.54) is 0 Å². The number of carbonyl (C=O) groups excluding carboxylic acids is 1. The molecule has 0 spiro atoms. The van der Waals surface area contributed by atoms with Gasteiger partial charge in [-0.15, -0.1) is 0 Å². The van der Waals surface area contributed by atoms with E-state index >= 15 is 0 Å². The average molecular weight is 453 g/mol. The Labute approximate surface area is 177 Å². The van der Waals surface area contributed by atoms with Gasteiger partial charge >= 0.3 is 0 Å². The third-order valence-electron chi connectivity index (χ3n) is 5.36. The summed E-state index contributed by atoms with van der Waals surface area (Å²) in [5, 5.41) is 0. The number of hydrogen-bond donors (Lipinski definition) is 0. The summed E-state index contributed by atoms with van der Waals surface area (Å²) < 4.78 is 2.53. The molecular formula is C22H21BrN4O2. The van der Waals surface area contributed by atoms with E-state index in [9.17, 15) is 9.59 Å². The molecule has 0 amide bonds. The third-order valence-corrected chi connectivity index (χ3v) is 5.89. The zero-order valence-corrected chi connectivity index (χ0v) is 17.7. The lowest BCUT2D eigenvalue weighted by molar-refractivity contribution is 0.0900. The Morgan fingerprint density at radius 3 is 2.38 bits per heavy atom. The molecule has 0 bridgehead atoms. The molecule has 0 atom stereocenters. The van der Waals surface area contributed by atoms with Crippen molar-refractivity contribution < 1.29 is 4.79 Å². The first-order valence-corrected chi connectivity index (χ1v) is 10.4. The second-order valence-electron chi connectivity index (χ2n) is 7.21. The van der Waals surface area contributed by atoms with Crippen molar-refractivity contribution in [1.82, 2.24) is 14.5 Å². The van der Waals surface area contributed by atoms with Crippen LogP contribution in [0.5, 0.6) is 0 Å². The van der Waals surface area contributed by atoms with Gasteiger partial charge in [-0.2, -0.15) is 0 Å². The van der Waals surface area contributed by atoms with E-state index in [1.54, 1.807) is 30.1 Å². The predicted molar refractivity (Wildman–Crippen MR) is 116 cm³/mol. The minimum Gasteiger partial charge on any atom is -0.342 e. The number of anilines is 1. The van der Waals surface area contributed by atoms with Gasteiger partial charge in [-0.25, -0.2) is 4.98 Å². The molecule has 148 valence electrons. The van der Waals surface area contributed by atoms with Crippen LogP contribution in [0.15, 0.2) is 64.1 Å². The van der Waals surface area contributed by atoms with Gasteiger partial charge in [-0.3, -0.25) is 19.1 Å². The summed E-state index contributed by atoms with van der Waals surface area (Å²) in [5.41, 5.74) is 2.14. The maximum absolute atomic E-state index is 12.8. The van der Waals surface area contributed by atoms with Crippen molar-refractivity contribution in [1.29, 1.82) is 0 Å².